The predicted molar refractivity (Wildman–Crippen MR) is 51.3 cm³/mol. The van der Waals surface area contributed by atoms with E-state index in [0.29, 0.717) is 13.1 Å². The molecule has 0 amide bonds. The molecule has 0 saturated heterocycles. The van der Waals surface area contributed by atoms with Gasteiger partial charge >= 0.3 is 0 Å². The lowest BCUT2D eigenvalue weighted by Gasteiger charge is -1.90. The molecular weight excluding hydrogens is 138 g/mol. The van der Waals surface area contributed by atoms with Gasteiger partial charge in [0.05, 0.1) is 0 Å². The minimum atomic E-state index is 0.597. The summed E-state index contributed by atoms with van der Waals surface area (Å²) in [5, 5.41) is 0. The summed E-state index contributed by atoms with van der Waals surface area (Å²) >= 11 is 0. The zero-order valence-electron chi connectivity index (χ0n) is 7.68. The third-order valence-electron chi connectivity index (χ3n) is 1.22. The van der Waals surface area contributed by atoms with Gasteiger partial charge in [0.2, 0.25) is 0 Å². The van der Waals surface area contributed by atoms with Crippen LogP contribution in [-0.4, -0.2) is 19.6 Å². The highest BCUT2D eigenvalue weighted by molar-refractivity contribution is 4.38. The molecule has 0 saturated carbocycles. The maximum absolute atomic E-state index is 5.27. The molecule has 0 aliphatic carbocycles. The minimum absolute atomic E-state index is 0.597. The van der Waals surface area contributed by atoms with E-state index in [2.05, 4.69) is 6.92 Å². The van der Waals surface area contributed by atoms with E-state index in [9.17, 15) is 0 Å². The Bertz CT molecular complexity index is 42.6. The van der Waals surface area contributed by atoms with E-state index in [1.54, 1.807) is 0 Å². The summed E-state index contributed by atoms with van der Waals surface area (Å²) in [6.45, 7) is 4.26. The Labute approximate surface area is 70.3 Å². The van der Waals surface area contributed by atoms with Gasteiger partial charge in [-0.2, -0.15) is 0 Å². The molecule has 0 unspecified atom stereocenters. The van der Waals surface area contributed by atoms with Crippen molar-refractivity contribution in [1.29, 1.82) is 0 Å². The highest BCUT2D eigenvalue weighted by atomic mass is 14.6. The highest BCUT2D eigenvalue weighted by Crippen LogP contribution is 1.95. The van der Waals surface area contributed by atoms with Crippen LogP contribution in [0.1, 0.15) is 32.6 Å². The normalized spacial score (nSPS) is 8.73. The van der Waals surface area contributed by atoms with Crippen LogP contribution in [0.25, 0.3) is 0 Å². The molecule has 0 bridgehead atoms. The fourth-order valence-electron chi connectivity index (χ4n) is 0.571. The summed E-state index contributed by atoms with van der Waals surface area (Å²) in [6.07, 6.45) is 5.16. The second-order valence-electron chi connectivity index (χ2n) is 2.43. The molecule has 0 fully saturated rings. The zero-order valence-corrected chi connectivity index (χ0v) is 7.68. The topological polar surface area (TPSA) is 78.1 Å². The van der Waals surface area contributed by atoms with Crippen molar-refractivity contribution in [1.82, 2.24) is 0 Å². The number of hydrogen-bond donors (Lipinski definition) is 3. The maximum atomic E-state index is 5.27. The molecule has 0 rings (SSSR count). The first kappa shape index (κ1) is 13.5. The molecule has 0 radical (unpaired) electrons. The van der Waals surface area contributed by atoms with Crippen LogP contribution in [0.3, 0.4) is 0 Å². The Morgan fingerprint density at radius 3 is 1.55 bits per heavy atom. The van der Waals surface area contributed by atoms with E-state index in [1.165, 1.54) is 25.7 Å². The first-order chi connectivity index (χ1) is 5.33. The molecule has 0 atom stereocenters. The van der Waals surface area contributed by atoms with Crippen molar-refractivity contribution >= 4 is 0 Å². The molecular formula is C8H23N3. The molecule has 0 aliphatic heterocycles. The standard InChI is InChI=1S/C6H15N.C2H8N2/c1-2-3-4-5-6-7;3-1-2-4/h2-7H2,1H3;1-4H2. The van der Waals surface area contributed by atoms with Crippen LogP contribution in [0, 0.1) is 0 Å². The predicted octanol–water partition coefficient (Wildman–Crippen LogP) is 0.429. The summed E-state index contributed by atoms with van der Waals surface area (Å²) in [6, 6.07) is 0. The monoisotopic (exact) mass is 161 g/mol. The van der Waals surface area contributed by atoms with Crippen LogP contribution < -0.4 is 17.2 Å². The second kappa shape index (κ2) is 16.5. The van der Waals surface area contributed by atoms with Crippen LogP contribution in [0.2, 0.25) is 0 Å². The van der Waals surface area contributed by atoms with E-state index in [1.807, 2.05) is 0 Å². The van der Waals surface area contributed by atoms with Gasteiger partial charge in [-0.25, -0.2) is 0 Å². The minimum Gasteiger partial charge on any atom is -0.330 e. The molecule has 3 heteroatoms. The van der Waals surface area contributed by atoms with Gasteiger partial charge in [0.1, 0.15) is 0 Å². The van der Waals surface area contributed by atoms with Crippen molar-refractivity contribution in [2.45, 2.75) is 32.6 Å². The van der Waals surface area contributed by atoms with E-state index in [0.717, 1.165) is 6.54 Å². The van der Waals surface area contributed by atoms with Crippen LogP contribution in [0.5, 0.6) is 0 Å². The lowest BCUT2D eigenvalue weighted by Crippen LogP contribution is -2.11. The zero-order chi connectivity index (χ0) is 8.95. The first-order valence-electron chi connectivity index (χ1n) is 4.43. The maximum Gasteiger partial charge on any atom is 0.00461 e. The summed E-state index contributed by atoms with van der Waals surface area (Å²) in [5.41, 5.74) is 15.1. The molecule has 0 aromatic rings. The van der Waals surface area contributed by atoms with Crippen LogP contribution >= 0.6 is 0 Å². The molecule has 0 aliphatic rings. The van der Waals surface area contributed by atoms with Crippen LogP contribution in [0.15, 0.2) is 0 Å². The Hall–Kier alpha value is -0.120. The van der Waals surface area contributed by atoms with Gasteiger partial charge in [-0.15, -0.1) is 0 Å². The van der Waals surface area contributed by atoms with E-state index >= 15 is 0 Å². The Morgan fingerprint density at radius 2 is 1.27 bits per heavy atom. The largest absolute Gasteiger partial charge is 0.330 e. The Kier molecular flexibility index (Phi) is 20.2. The van der Waals surface area contributed by atoms with Crippen molar-refractivity contribution in [2.75, 3.05) is 19.6 Å². The van der Waals surface area contributed by atoms with Crippen molar-refractivity contribution in [3.05, 3.63) is 0 Å². The molecule has 0 spiro atoms. The van der Waals surface area contributed by atoms with Gasteiger partial charge in [0.25, 0.3) is 0 Å². The number of nitrogens with two attached hydrogens (primary N) is 3. The van der Waals surface area contributed by atoms with Gasteiger partial charge in [0.15, 0.2) is 0 Å². The Balaban J connectivity index is 0. The molecule has 0 aromatic carbocycles. The van der Waals surface area contributed by atoms with Gasteiger partial charge in [-0.1, -0.05) is 26.2 Å². The Morgan fingerprint density at radius 1 is 0.727 bits per heavy atom. The molecule has 6 N–H and O–H groups in total. The van der Waals surface area contributed by atoms with Gasteiger partial charge < -0.3 is 17.2 Å². The quantitative estimate of drug-likeness (QED) is 0.512. The summed E-state index contributed by atoms with van der Waals surface area (Å²) in [4.78, 5) is 0. The summed E-state index contributed by atoms with van der Waals surface area (Å²) < 4.78 is 0. The smallest absolute Gasteiger partial charge is 0.00461 e. The average Bonchev–Trinajstić information content (AvgIpc) is 2.06. The van der Waals surface area contributed by atoms with Crippen molar-refractivity contribution in [3.63, 3.8) is 0 Å². The van der Waals surface area contributed by atoms with E-state index in [-0.39, 0.29) is 0 Å². The van der Waals surface area contributed by atoms with Crippen molar-refractivity contribution in [3.8, 4) is 0 Å². The van der Waals surface area contributed by atoms with Crippen molar-refractivity contribution < 1.29 is 0 Å². The number of hydrogen-bond acceptors (Lipinski definition) is 3. The fraction of sp³-hybridized carbons (Fsp3) is 1.00. The SMILES string of the molecule is CCCCCCN.NCCN. The molecule has 0 aromatic heterocycles. The van der Waals surface area contributed by atoms with E-state index in [4.69, 9.17) is 17.2 Å². The third kappa shape index (κ3) is 25.8. The average molecular weight is 161 g/mol. The lowest BCUT2D eigenvalue weighted by atomic mass is 10.2. The molecule has 3 nitrogen and oxygen atoms in total. The van der Waals surface area contributed by atoms with Gasteiger partial charge in [-0.05, 0) is 13.0 Å². The number of unbranched alkanes of at least 4 members (excludes halogenated alkanes) is 3. The summed E-state index contributed by atoms with van der Waals surface area (Å²) in [5.74, 6) is 0. The van der Waals surface area contributed by atoms with E-state index < -0.39 is 0 Å². The van der Waals surface area contributed by atoms with Gasteiger partial charge in [-0.3, -0.25) is 0 Å². The first-order valence-corrected chi connectivity index (χ1v) is 4.43. The second-order valence-corrected chi connectivity index (χ2v) is 2.43. The van der Waals surface area contributed by atoms with Crippen LogP contribution in [0.4, 0.5) is 0 Å². The number of rotatable bonds is 5. The highest BCUT2D eigenvalue weighted by Gasteiger charge is 1.80. The fourth-order valence-corrected chi connectivity index (χ4v) is 0.571. The van der Waals surface area contributed by atoms with Crippen LogP contribution in [-0.2, 0) is 0 Å². The molecule has 70 valence electrons. The summed E-state index contributed by atoms with van der Waals surface area (Å²) in [7, 11) is 0. The third-order valence-corrected chi connectivity index (χ3v) is 1.22. The van der Waals surface area contributed by atoms with Crippen molar-refractivity contribution in [2.24, 2.45) is 17.2 Å². The molecule has 0 heterocycles. The molecule has 11 heavy (non-hydrogen) atoms. The van der Waals surface area contributed by atoms with Gasteiger partial charge in [0, 0.05) is 13.1 Å². The lowest BCUT2D eigenvalue weighted by molar-refractivity contribution is 0.674.